The van der Waals surface area contributed by atoms with Crippen molar-refractivity contribution in [3.05, 3.63) is 0 Å². The molecule has 3 aliphatic rings. The molecule has 0 aromatic rings. The maximum atomic E-state index is 13.0. The minimum absolute atomic E-state index is 0.0437. The zero-order valence-electron chi connectivity index (χ0n) is 16.9. The summed E-state index contributed by atoms with van der Waals surface area (Å²) in [4.78, 5) is 29.5. The van der Waals surface area contributed by atoms with Crippen LogP contribution in [0.15, 0.2) is 0 Å². The van der Waals surface area contributed by atoms with Crippen molar-refractivity contribution in [3.63, 3.8) is 0 Å². The Morgan fingerprint density at radius 2 is 1.50 bits per heavy atom. The second kappa shape index (κ2) is 8.18. The van der Waals surface area contributed by atoms with E-state index in [9.17, 15) is 9.59 Å². The Kier molecular flexibility index (Phi) is 6.13. The maximum Gasteiger partial charge on any atom is 0.320 e. The highest BCUT2D eigenvalue weighted by molar-refractivity contribution is 5.81. The first kappa shape index (κ1) is 19.5. The number of piperidine rings is 1. The lowest BCUT2D eigenvalue weighted by molar-refractivity contribution is -0.128. The summed E-state index contributed by atoms with van der Waals surface area (Å²) in [5.41, 5.74) is 0.225. The van der Waals surface area contributed by atoms with Gasteiger partial charge in [-0.25, -0.2) is 4.79 Å². The van der Waals surface area contributed by atoms with Crippen LogP contribution in [0.25, 0.3) is 0 Å². The molecule has 1 saturated carbocycles. The maximum absolute atomic E-state index is 13.0. The van der Waals surface area contributed by atoms with Crippen LogP contribution in [-0.2, 0) is 4.79 Å². The van der Waals surface area contributed by atoms with Gasteiger partial charge in [0.15, 0.2) is 0 Å². The van der Waals surface area contributed by atoms with E-state index >= 15 is 0 Å². The summed E-state index contributed by atoms with van der Waals surface area (Å²) < 4.78 is 0. The highest BCUT2D eigenvalue weighted by Crippen LogP contribution is 2.38. The number of hydrogen-bond donors (Lipinski definition) is 1. The summed E-state index contributed by atoms with van der Waals surface area (Å²) in [7, 11) is 0. The van der Waals surface area contributed by atoms with E-state index < -0.39 is 0 Å². The summed E-state index contributed by atoms with van der Waals surface area (Å²) in [6.07, 6.45) is 8.85. The standard InChI is InChI=1S/C21H37N3O2/c1-21(2,3)17-10-4-5-11-18(17)22-19(25)16-9-8-14-24(15-16)20(26)23-12-6-7-13-23/h16-18H,4-15H2,1-3H3,(H,22,25)/t16-,17-,18-/m1/s1. The van der Waals surface area contributed by atoms with E-state index in [-0.39, 0.29) is 23.3 Å². The van der Waals surface area contributed by atoms with Gasteiger partial charge in [0.1, 0.15) is 0 Å². The lowest BCUT2D eigenvalue weighted by atomic mass is 9.69. The topological polar surface area (TPSA) is 52.7 Å². The molecule has 0 radical (unpaired) electrons. The van der Waals surface area contributed by atoms with Crippen LogP contribution >= 0.6 is 0 Å². The van der Waals surface area contributed by atoms with Gasteiger partial charge in [-0.3, -0.25) is 4.79 Å². The molecule has 26 heavy (non-hydrogen) atoms. The summed E-state index contributed by atoms with van der Waals surface area (Å²) in [5.74, 6) is 0.675. The van der Waals surface area contributed by atoms with Crippen LogP contribution in [0, 0.1) is 17.3 Å². The minimum atomic E-state index is -0.0437. The molecule has 2 heterocycles. The Balaban J connectivity index is 1.57. The third-order valence-electron chi connectivity index (χ3n) is 6.65. The van der Waals surface area contributed by atoms with E-state index in [1.165, 1.54) is 19.3 Å². The Labute approximate surface area is 158 Å². The molecule has 148 valence electrons. The monoisotopic (exact) mass is 363 g/mol. The number of carbonyl (C=O) groups is 2. The quantitative estimate of drug-likeness (QED) is 0.814. The molecule has 3 atom stereocenters. The fraction of sp³-hybridized carbons (Fsp3) is 0.905. The van der Waals surface area contributed by atoms with Gasteiger partial charge in [0.2, 0.25) is 5.91 Å². The first-order chi connectivity index (χ1) is 12.4. The minimum Gasteiger partial charge on any atom is -0.353 e. The van der Waals surface area contributed by atoms with Gasteiger partial charge in [-0.2, -0.15) is 0 Å². The molecule has 3 rings (SSSR count). The van der Waals surface area contributed by atoms with Crippen LogP contribution < -0.4 is 5.32 Å². The Morgan fingerprint density at radius 3 is 2.19 bits per heavy atom. The number of carbonyl (C=O) groups excluding carboxylic acids is 2. The highest BCUT2D eigenvalue weighted by Gasteiger charge is 2.37. The fourth-order valence-corrected chi connectivity index (χ4v) is 5.11. The number of urea groups is 1. The van der Waals surface area contributed by atoms with E-state index in [4.69, 9.17) is 0 Å². The SMILES string of the molecule is CC(C)(C)[C@@H]1CCCC[C@H]1NC(=O)[C@@H]1CCCN(C(=O)N2CCCC2)C1. The van der Waals surface area contributed by atoms with E-state index in [0.717, 1.165) is 51.7 Å². The van der Waals surface area contributed by atoms with Gasteiger partial charge < -0.3 is 15.1 Å². The third-order valence-corrected chi connectivity index (χ3v) is 6.65. The summed E-state index contributed by atoms with van der Waals surface area (Å²) >= 11 is 0. The molecule has 1 N–H and O–H groups in total. The van der Waals surface area contributed by atoms with Crippen molar-refractivity contribution in [2.24, 2.45) is 17.3 Å². The second-order valence-electron chi connectivity index (χ2n) is 9.63. The highest BCUT2D eigenvalue weighted by atomic mass is 16.2. The van der Waals surface area contributed by atoms with Gasteiger partial charge in [0.25, 0.3) is 0 Å². The van der Waals surface area contributed by atoms with Crippen LogP contribution in [-0.4, -0.2) is 54.0 Å². The molecular formula is C21H37N3O2. The average Bonchev–Trinajstić information content (AvgIpc) is 3.15. The summed E-state index contributed by atoms with van der Waals surface area (Å²) in [6.45, 7) is 10.0. The molecule has 0 unspecified atom stereocenters. The van der Waals surface area contributed by atoms with Crippen molar-refractivity contribution < 1.29 is 9.59 Å². The van der Waals surface area contributed by atoms with Crippen molar-refractivity contribution in [2.45, 2.75) is 78.2 Å². The molecule has 3 amide bonds. The smallest absolute Gasteiger partial charge is 0.320 e. The number of rotatable bonds is 2. The van der Waals surface area contributed by atoms with Gasteiger partial charge in [-0.1, -0.05) is 33.6 Å². The molecule has 2 aliphatic heterocycles. The molecule has 2 saturated heterocycles. The van der Waals surface area contributed by atoms with Crippen LogP contribution in [0.1, 0.15) is 72.1 Å². The Morgan fingerprint density at radius 1 is 0.846 bits per heavy atom. The number of hydrogen-bond acceptors (Lipinski definition) is 2. The van der Waals surface area contributed by atoms with Crippen LogP contribution in [0.3, 0.4) is 0 Å². The lowest BCUT2D eigenvalue weighted by Gasteiger charge is -2.42. The molecular weight excluding hydrogens is 326 g/mol. The third kappa shape index (κ3) is 4.52. The van der Waals surface area contributed by atoms with Crippen molar-refractivity contribution >= 4 is 11.9 Å². The zero-order valence-corrected chi connectivity index (χ0v) is 16.9. The Bertz CT molecular complexity index is 508. The summed E-state index contributed by atoms with van der Waals surface area (Å²) in [5, 5.41) is 3.38. The zero-order chi connectivity index (χ0) is 18.7. The van der Waals surface area contributed by atoms with Crippen LogP contribution in [0.5, 0.6) is 0 Å². The molecule has 0 aromatic heterocycles. The van der Waals surface area contributed by atoms with Crippen molar-refractivity contribution in [1.82, 2.24) is 15.1 Å². The van der Waals surface area contributed by atoms with Gasteiger partial charge in [-0.15, -0.1) is 0 Å². The van der Waals surface area contributed by atoms with Gasteiger partial charge in [-0.05, 0) is 49.9 Å². The van der Waals surface area contributed by atoms with Crippen LogP contribution in [0.4, 0.5) is 4.79 Å². The first-order valence-electron chi connectivity index (χ1n) is 10.7. The van der Waals surface area contributed by atoms with Crippen LogP contribution in [0.2, 0.25) is 0 Å². The van der Waals surface area contributed by atoms with Gasteiger partial charge in [0.05, 0.1) is 5.92 Å². The predicted molar refractivity (Wildman–Crippen MR) is 104 cm³/mol. The molecule has 5 heteroatoms. The molecule has 0 bridgehead atoms. The largest absolute Gasteiger partial charge is 0.353 e. The molecule has 0 spiro atoms. The van der Waals surface area contributed by atoms with Gasteiger partial charge in [0, 0.05) is 32.2 Å². The first-order valence-corrected chi connectivity index (χ1v) is 10.7. The van der Waals surface area contributed by atoms with E-state index in [2.05, 4.69) is 26.1 Å². The normalized spacial score (nSPS) is 30.3. The average molecular weight is 364 g/mol. The molecule has 0 aromatic carbocycles. The van der Waals surface area contributed by atoms with Gasteiger partial charge >= 0.3 is 6.03 Å². The van der Waals surface area contributed by atoms with Crippen molar-refractivity contribution in [2.75, 3.05) is 26.2 Å². The molecule has 3 fully saturated rings. The molecule has 5 nitrogen and oxygen atoms in total. The van der Waals surface area contributed by atoms with E-state index in [1.54, 1.807) is 0 Å². The van der Waals surface area contributed by atoms with E-state index in [1.807, 2.05) is 9.80 Å². The number of amides is 3. The van der Waals surface area contributed by atoms with Crippen molar-refractivity contribution in [1.29, 1.82) is 0 Å². The van der Waals surface area contributed by atoms with E-state index in [0.29, 0.717) is 18.5 Å². The second-order valence-corrected chi connectivity index (χ2v) is 9.63. The molecule has 1 aliphatic carbocycles. The van der Waals surface area contributed by atoms with Crippen molar-refractivity contribution in [3.8, 4) is 0 Å². The Hall–Kier alpha value is -1.26. The number of likely N-dealkylation sites (tertiary alicyclic amines) is 2. The summed E-state index contributed by atoms with van der Waals surface area (Å²) in [6, 6.07) is 0.436. The number of nitrogens with one attached hydrogen (secondary N) is 1. The lowest BCUT2D eigenvalue weighted by Crippen LogP contribution is -2.53. The predicted octanol–water partition coefficient (Wildman–Crippen LogP) is 3.64. The number of nitrogens with zero attached hydrogens (tertiary/aromatic N) is 2. The fourth-order valence-electron chi connectivity index (χ4n) is 5.11.